The zero-order chi connectivity index (χ0) is 22.3. The van der Waals surface area contributed by atoms with Crippen LogP contribution in [0, 0.1) is 0 Å². The van der Waals surface area contributed by atoms with E-state index in [-0.39, 0.29) is 11.9 Å². The molecule has 0 heterocycles. The van der Waals surface area contributed by atoms with E-state index in [1.165, 1.54) is 32.8 Å². The van der Waals surface area contributed by atoms with E-state index in [1.807, 2.05) is 36.4 Å². The van der Waals surface area contributed by atoms with Crippen molar-refractivity contribution in [2.75, 3.05) is 7.11 Å². The number of hydrazone groups is 1. The van der Waals surface area contributed by atoms with Crippen LogP contribution in [-0.4, -0.2) is 25.2 Å². The number of carbonyl (C=O) groups excluding carboxylic acids is 2. The molecule has 0 aliphatic rings. The first-order chi connectivity index (χ1) is 15.1. The van der Waals surface area contributed by atoms with Gasteiger partial charge in [0.15, 0.2) is 0 Å². The molecule has 0 aliphatic carbocycles. The van der Waals surface area contributed by atoms with Crippen LogP contribution < -0.4 is 10.2 Å². The second-order valence-corrected chi connectivity index (χ2v) is 7.33. The van der Waals surface area contributed by atoms with Crippen molar-refractivity contribution in [3.05, 3.63) is 65.2 Å². The number of amides is 1. The highest BCUT2D eigenvalue weighted by Crippen LogP contribution is 2.18. The van der Waals surface area contributed by atoms with Gasteiger partial charge in [-0.25, -0.2) is 10.2 Å². The van der Waals surface area contributed by atoms with Crippen molar-refractivity contribution < 1.29 is 19.1 Å². The number of hydrogen-bond acceptors (Lipinski definition) is 5. The maximum Gasteiger partial charge on any atom is 0.337 e. The Bertz CT molecular complexity index is 847. The van der Waals surface area contributed by atoms with Gasteiger partial charge in [0.1, 0.15) is 12.4 Å². The second kappa shape index (κ2) is 14.0. The SMILES string of the molecule is CCCCCCCCC(=O)N/N=C/c1ccccc1OCc1ccc(C(=O)OC)cc1. The summed E-state index contributed by atoms with van der Waals surface area (Å²) in [6.45, 7) is 2.54. The summed E-state index contributed by atoms with van der Waals surface area (Å²) < 4.78 is 10.6. The fourth-order valence-electron chi connectivity index (χ4n) is 3.03. The van der Waals surface area contributed by atoms with Crippen molar-refractivity contribution in [1.29, 1.82) is 0 Å². The third kappa shape index (κ3) is 9.03. The van der Waals surface area contributed by atoms with Gasteiger partial charge in [0.2, 0.25) is 5.91 Å². The van der Waals surface area contributed by atoms with Gasteiger partial charge in [0.05, 0.1) is 18.9 Å². The predicted octanol–water partition coefficient (Wildman–Crippen LogP) is 5.25. The summed E-state index contributed by atoms with van der Waals surface area (Å²) in [5.74, 6) is 0.219. The van der Waals surface area contributed by atoms with Crippen LogP contribution in [0.5, 0.6) is 5.75 Å². The number of nitrogens with zero attached hydrogens (tertiary/aromatic N) is 1. The minimum Gasteiger partial charge on any atom is -0.488 e. The number of rotatable bonds is 13. The smallest absolute Gasteiger partial charge is 0.337 e. The molecule has 0 unspecified atom stereocenters. The zero-order valence-electron chi connectivity index (χ0n) is 18.4. The zero-order valence-corrected chi connectivity index (χ0v) is 18.4. The van der Waals surface area contributed by atoms with Gasteiger partial charge in [-0.1, -0.05) is 63.3 Å². The molecule has 0 spiro atoms. The highest BCUT2D eigenvalue weighted by atomic mass is 16.5. The molecular formula is C25H32N2O4. The Kier molecular flexibility index (Phi) is 10.9. The number of benzene rings is 2. The van der Waals surface area contributed by atoms with Crippen molar-refractivity contribution in [2.24, 2.45) is 5.10 Å². The van der Waals surface area contributed by atoms with E-state index >= 15 is 0 Å². The quantitative estimate of drug-likeness (QED) is 0.206. The highest BCUT2D eigenvalue weighted by Gasteiger charge is 2.06. The third-order valence-corrected chi connectivity index (χ3v) is 4.84. The number of para-hydroxylation sites is 1. The largest absolute Gasteiger partial charge is 0.488 e. The molecule has 2 aromatic rings. The van der Waals surface area contributed by atoms with Gasteiger partial charge >= 0.3 is 5.97 Å². The molecule has 0 saturated heterocycles. The van der Waals surface area contributed by atoms with Gasteiger partial charge in [-0.2, -0.15) is 5.10 Å². The number of ether oxygens (including phenoxy) is 2. The van der Waals surface area contributed by atoms with Gasteiger partial charge < -0.3 is 9.47 Å². The lowest BCUT2D eigenvalue weighted by molar-refractivity contribution is -0.121. The van der Waals surface area contributed by atoms with Crippen LogP contribution in [0.1, 0.15) is 73.4 Å². The van der Waals surface area contributed by atoms with Gasteiger partial charge in [-0.15, -0.1) is 0 Å². The van der Waals surface area contributed by atoms with E-state index in [1.54, 1.807) is 18.3 Å². The number of hydrogen-bond donors (Lipinski definition) is 1. The molecule has 31 heavy (non-hydrogen) atoms. The Hall–Kier alpha value is -3.15. The van der Waals surface area contributed by atoms with Crippen LogP contribution in [0.2, 0.25) is 0 Å². The standard InChI is InChI=1S/C25H32N2O4/c1-3-4-5-6-7-8-13-24(28)27-26-18-22-11-9-10-12-23(22)31-19-20-14-16-21(17-15-20)25(29)30-2/h9-12,14-18H,3-8,13,19H2,1-2H3,(H,27,28)/b26-18+. The summed E-state index contributed by atoms with van der Waals surface area (Å²) in [6.07, 6.45) is 8.95. The average molecular weight is 425 g/mol. The fraction of sp³-hybridized carbons (Fsp3) is 0.400. The Morgan fingerprint density at radius 1 is 0.968 bits per heavy atom. The summed E-state index contributed by atoms with van der Waals surface area (Å²) in [4.78, 5) is 23.4. The maximum atomic E-state index is 11.9. The first kappa shape index (κ1) is 24.1. The van der Waals surface area contributed by atoms with E-state index < -0.39 is 0 Å². The predicted molar refractivity (Wildman–Crippen MR) is 122 cm³/mol. The molecule has 0 atom stereocenters. The van der Waals surface area contributed by atoms with Crippen molar-refractivity contribution in [2.45, 2.75) is 58.5 Å². The summed E-state index contributed by atoms with van der Waals surface area (Å²) in [5, 5.41) is 4.07. The lowest BCUT2D eigenvalue weighted by Crippen LogP contribution is -2.17. The lowest BCUT2D eigenvalue weighted by atomic mass is 10.1. The number of esters is 1. The van der Waals surface area contributed by atoms with E-state index in [0.717, 1.165) is 24.0 Å². The topological polar surface area (TPSA) is 77.0 Å². The molecule has 6 heteroatoms. The molecule has 2 rings (SSSR count). The molecule has 0 aromatic heterocycles. The van der Waals surface area contributed by atoms with Crippen LogP contribution in [0.15, 0.2) is 53.6 Å². The van der Waals surface area contributed by atoms with Gasteiger partial charge in [-0.3, -0.25) is 4.79 Å². The minimum absolute atomic E-state index is 0.0733. The fourth-order valence-corrected chi connectivity index (χ4v) is 3.03. The molecule has 2 aromatic carbocycles. The highest BCUT2D eigenvalue weighted by molar-refractivity contribution is 5.89. The van der Waals surface area contributed by atoms with Crippen LogP contribution >= 0.6 is 0 Å². The van der Waals surface area contributed by atoms with Crippen LogP contribution in [0.3, 0.4) is 0 Å². The molecule has 1 N–H and O–H groups in total. The Labute approximate surface area is 184 Å². The molecule has 0 radical (unpaired) electrons. The summed E-state index contributed by atoms with van der Waals surface area (Å²) in [5.41, 5.74) is 4.78. The minimum atomic E-state index is -0.368. The van der Waals surface area contributed by atoms with E-state index in [2.05, 4.69) is 17.5 Å². The van der Waals surface area contributed by atoms with Crippen molar-refractivity contribution in [3.63, 3.8) is 0 Å². The van der Waals surface area contributed by atoms with Crippen molar-refractivity contribution in [1.82, 2.24) is 5.43 Å². The molecule has 6 nitrogen and oxygen atoms in total. The molecular weight excluding hydrogens is 392 g/mol. The maximum absolute atomic E-state index is 11.9. The van der Waals surface area contributed by atoms with E-state index in [4.69, 9.17) is 9.47 Å². The molecule has 1 amide bonds. The Morgan fingerprint density at radius 3 is 2.42 bits per heavy atom. The molecule has 0 saturated carbocycles. The first-order valence-corrected chi connectivity index (χ1v) is 10.8. The van der Waals surface area contributed by atoms with Crippen LogP contribution in [0.25, 0.3) is 0 Å². The van der Waals surface area contributed by atoms with Gasteiger partial charge in [0.25, 0.3) is 0 Å². The van der Waals surface area contributed by atoms with Crippen LogP contribution in [-0.2, 0) is 16.1 Å². The number of nitrogens with one attached hydrogen (secondary N) is 1. The van der Waals surface area contributed by atoms with Gasteiger partial charge in [-0.05, 0) is 36.2 Å². The molecule has 0 aliphatic heterocycles. The molecule has 0 fully saturated rings. The summed E-state index contributed by atoms with van der Waals surface area (Å²) in [7, 11) is 1.36. The second-order valence-electron chi connectivity index (χ2n) is 7.33. The molecule has 166 valence electrons. The van der Waals surface area contributed by atoms with Crippen molar-refractivity contribution in [3.8, 4) is 5.75 Å². The average Bonchev–Trinajstić information content (AvgIpc) is 2.80. The van der Waals surface area contributed by atoms with Gasteiger partial charge in [0, 0.05) is 12.0 Å². The van der Waals surface area contributed by atoms with Crippen LogP contribution in [0.4, 0.5) is 0 Å². The summed E-state index contributed by atoms with van der Waals surface area (Å²) in [6, 6.07) is 14.5. The molecule has 0 bridgehead atoms. The Balaban J connectivity index is 1.80. The first-order valence-electron chi connectivity index (χ1n) is 10.8. The third-order valence-electron chi connectivity index (χ3n) is 4.84. The Morgan fingerprint density at radius 2 is 1.68 bits per heavy atom. The monoisotopic (exact) mass is 424 g/mol. The normalized spacial score (nSPS) is 10.8. The lowest BCUT2D eigenvalue weighted by Gasteiger charge is -2.09. The van der Waals surface area contributed by atoms with E-state index in [0.29, 0.717) is 24.3 Å². The number of unbranched alkanes of at least 4 members (excludes halogenated alkanes) is 5. The van der Waals surface area contributed by atoms with E-state index in [9.17, 15) is 9.59 Å². The van der Waals surface area contributed by atoms with Crippen molar-refractivity contribution >= 4 is 18.1 Å². The number of methoxy groups -OCH3 is 1. The summed E-state index contributed by atoms with van der Waals surface area (Å²) >= 11 is 0. The number of carbonyl (C=O) groups is 2.